The van der Waals surface area contributed by atoms with Crippen molar-refractivity contribution in [2.75, 3.05) is 0 Å². The maximum atomic E-state index is 12.1. The van der Waals surface area contributed by atoms with Crippen LogP contribution in [0.3, 0.4) is 0 Å². The summed E-state index contributed by atoms with van der Waals surface area (Å²) in [5.41, 5.74) is 0.172. The van der Waals surface area contributed by atoms with E-state index in [1.807, 2.05) is 6.92 Å². The molecular weight excluding hydrogens is 300 g/mol. The molecule has 0 spiro atoms. The first-order valence-electron chi connectivity index (χ1n) is 7.50. The van der Waals surface area contributed by atoms with Crippen LogP contribution in [0.15, 0.2) is 29.2 Å². The highest BCUT2D eigenvalue weighted by Gasteiger charge is 2.25. The van der Waals surface area contributed by atoms with Crippen LogP contribution in [-0.4, -0.2) is 37.2 Å². The van der Waals surface area contributed by atoms with Crippen molar-refractivity contribution in [2.24, 2.45) is 5.92 Å². The Morgan fingerprint density at radius 1 is 1.39 bits per heavy atom. The number of pyridine rings is 1. The van der Waals surface area contributed by atoms with E-state index in [2.05, 4.69) is 10.4 Å². The van der Waals surface area contributed by atoms with E-state index in [1.54, 1.807) is 31.3 Å². The van der Waals surface area contributed by atoms with Crippen molar-refractivity contribution >= 4 is 17.5 Å². The fraction of sp³-hybridized carbons (Fsp3) is 0.467. The Morgan fingerprint density at radius 2 is 2.13 bits per heavy atom. The number of nitrogens with zero attached hydrogens (tertiary/aromatic N) is 3. The number of fused-ring (bicyclic) bond motifs is 1. The number of carboxylic acids is 1. The first kappa shape index (κ1) is 16.7. The van der Waals surface area contributed by atoms with Gasteiger partial charge in [0.15, 0.2) is 5.65 Å². The van der Waals surface area contributed by atoms with E-state index in [-0.39, 0.29) is 24.6 Å². The Morgan fingerprint density at radius 3 is 2.74 bits per heavy atom. The van der Waals surface area contributed by atoms with Gasteiger partial charge < -0.3 is 10.4 Å². The summed E-state index contributed by atoms with van der Waals surface area (Å²) < 4.78 is 2.59. The van der Waals surface area contributed by atoms with Gasteiger partial charge in [0.05, 0.1) is 6.54 Å². The minimum absolute atomic E-state index is 0.00992. The Labute approximate surface area is 132 Å². The van der Waals surface area contributed by atoms with Crippen molar-refractivity contribution in [3.63, 3.8) is 0 Å². The number of carbonyl (C=O) groups excluding carboxylic acids is 1. The summed E-state index contributed by atoms with van der Waals surface area (Å²) in [7, 11) is 0. The molecule has 2 aromatic heterocycles. The topological polar surface area (TPSA) is 106 Å². The van der Waals surface area contributed by atoms with Crippen molar-refractivity contribution < 1.29 is 14.7 Å². The smallest absolute Gasteiger partial charge is 0.350 e. The third kappa shape index (κ3) is 3.77. The molecule has 0 radical (unpaired) electrons. The van der Waals surface area contributed by atoms with Crippen LogP contribution in [0.5, 0.6) is 0 Å². The molecule has 2 unspecified atom stereocenters. The Hall–Kier alpha value is -2.64. The van der Waals surface area contributed by atoms with Gasteiger partial charge in [0.1, 0.15) is 6.04 Å². The highest BCUT2D eigenvalue weighted by Crippen LogP contribution is 2.08. The molecule has 1 amide bonds. The predicted molar refractivity (Wildman–Crippen MR) is 83.1 cm³/mol. The second-order valence-corrected chi connectivity index (χ2v) is 5.45. The lowest BCUT2D eigenvalue weighted by molar-refractivity contribution is -0.143. The molecule has 0 aromatic carbocycles. The van der Waals surface area contributed by atoms with E-state index in [9.17, 15) is 14.4 Å². The fourth-order valence-corrected chi connectivity index (χ4v) is 2.25. The molecule has 2 heterocycles. The fourth-order valence-electron chi connectivity index (χ4n) is 2.25. The molecule has 124 valence electrons. The Kier molecular flexibility index (Phi) is 5.15. The number of aryl methyl sites for hydroxylation is 1. The van der Waals surface area contributed by atoms with E-state index in [4.69, 9.17) is 5.11 Å². The average Bonchev–Trinajstić information content (AvgIpc) is 2.86. The van der Waals surface area contributed by atoms with Gasteiger partial charge in [-0.1, -0.05) is 26.3 Å². The molecule has 8 nitrogen and oxygen atoms in total. The van der Waals surface area contributed by atoms with Crippen LogP contribution in [0, 0.1) is 5.92 Å². The molecule has 2 atom stereocenters. The third-order valence-corrected chi connectivity index (χ3v) is 3.83. The predicted octanol–water partition coefficient (Wildman–Crippen LogP) is 0.502. The number of aliphatic carboxylic acids is 1. The molecule has 0 saturated heterocycles. The van der Waals surface area contributed by atoms with E-state index in [1.165, 1.54) is 9.08 Å². The Bertz CT molecular complexity index is 764. The van der Waals surface area contributed by atoms with Crippen LogP contribution in [0.2, 0.25) is 0 Å². The zero-order chi connectivity index (χ0) is 17.0. The van der Waals surface area contributed by atoms with Gasteiger partial charge in [-0.05, 0) is 18.1 Å². The molecule has 8 heteroatoms. The first-order chi connectivity index (χ1) is 10.9. The highest BCUT2D eigenvalue weighted by atomic mass is 16.4. The summed E-state index contributed by atoms with van der Waals surface area (Å²) in [4.78, 5) is 35.2. The van der Waals surface area contributed by atoms with Crippen molar-refractivity contribution in [3.8, 4) is 0 Å². The number of nitrogens with one attached hydrogen (secondary N) is 1. The quantitative estimate of drug-likeness (QED) is 0.773. The summed E-state index contributed by atoms with van der Waals surface area (Å²) in [5.74, 6) is -1.64. The van der Waals surface area contributed by atoms with Crippen LogP contribution >= 0.6 is 0 Å². The monoisotopic (exact) mass is 320 g/mol. The zero-order valence-electron chi connectivity index (χ0n) is 13.1. The number of hydrogen-bond donors (Lipinski definition) is 2. The lowest BCUT2D eigenvalue weighted by atomic mass is 9.99. The van der Waals surface area contributed by atoms with E-state index in [0.717, 1.165) is 0 Å². The number of carboxylic acid groups (broad SMARTS) is 1. The van der Waals surface area contributed by atoms with E-state index >= 15 is 0 Å². The molecule has 0 saturated carbocycles. The van der Waals surface area contributed by atoms with Crippen LogP contribution < -0.4 is 11.0 Å². The molecular formula is C15H20N4O4. The number of carbonyl (C=O) groups is 2. The molecule has 0 aliphatic carbocycles. The van der Waals surface area contributed by atoms with Crippen molar-refractivity contribution in [1.29, 1.82) is 0 Å². The van der Waals surface area contributed by atoms with Crippen molar-refractivity contribution in [2.45, 2.75) is 39.3 Å². The number of aromatic nitrogens is 3. The molecule has 2 aromatic rings. The largest absolute Gasteiger partial charge is 0.480 e. The number of hydrogen-bond acceptors (Lipinski definition) is 4. The lowest BCUT2D eigenvalue weighted by Gasteiger charge is -2.19. The molecule has 0 aliphatic rings. The molecule has 2 rings (SSSR count). The maximum Gasteiger partial charge on any atom is 0.350 e. The van der Waals surface area contributed by atoms with Crippen molar-refractivity contribution in [1.82, 2.24) is 19.5 Å². The molecule has 0 bridgehead atoms. The molecule has 2 N–H and O–H groups in total. The minimum Gasteiger partial charge on any atom is -0.480 e. The average molecular weight is 320 g/mol. The zero-order valence-corrected chi connectivity index (χ0v) is 13.1. The van der Waals surface area contributed by atoms with Gasteiger partial charge in [-0.3, -0.25) is 9.20 Å². The Balaban J connectivity index is 2.02. The first-order valence-corrected chi connectivity index (χ1v) is 7.50. The summed E-state index contributed by atoms with van der Waals surface area (Å²) in [5, 5.41) is 15.8. The lowest BCUT2D eigenvalue weighted by Crippen LogP contribution is -2.45. The van der Waals surface area contributed by atoms with Gasteiger partial charge in [0, 0.05) is 12.6 Å². The molecule has 23 heavy (non-hydrogen) atoms. The van der Waals surface area contributed by atoms with Gasteiger partial charge in [-0.2, -0.15) is 0 Å². The molecule has 0 fully saturated rings. The van der Waals surface area contributed by atoms with Gasteiger partial charge in [0.2, 0.25) is 5.91 Å². The number of amides is 1. The SMILES string of the molecule is CCC(C)C(NC(=O)CCn1nc2ccccn2c1=O)C(=O)O. The number of rotatable bonds is 7. The highest BCUT2D eigenvalue weighted by molar-refractivity contribution is 5.83. The normalized spacial score (nSPS) is 13.7. The summed E-state index contributed by atoms with van der Waals surface area (Å²) in [6, 6.07) is 4.26. The van der Waals surface area contributed by atoms with Crippen LogP contribution in [0.4, 0.5) is 0 Å². The minimum atomic E-state index is -1.06. The summed E-state index contributed by atoms with van der Waals surface area (Å²) >= 11 is 0. The second kappa shape index (κ2) is 7.08. The maximum absolute atomic E-state index is 12.1. The van der Waals surface area contributed by atoms with E-state index in [0.29, 0.717) is 12.1 Å². The molecule has 0 aliphatic heterocycles. The second-order valence-electron chi connectivity index (χ2n) is 5.45. The van der Waals surface area contributed by atoms with Gasteiger partial charge >= 0.3 is 11.7 Å². The summed E-state index contributed by atoms with van der Waals surface area (Å²) in [6.07, 6.45) is 2.23. The third-order valence-electron chi connectivity index (χ3n) is 3.83. The van der Waals surface area contributed by atoms with Crippen LogP contribution in [0.1, 0.15) is 26.7 Å². The van der Waals surface area contributed by atoms with Crippen LogP contribution in [-0.2, 0) is 16.1 Å². The van der Waals surface area contributed by atoms with Crippen molar-refractivity contribution in [3.05, 3.63) is 34.9 Å². The standard InChI is InChI=1S/C15H20N4O4/c1-3-10(2)13(14(21)22)16-12(20)7-9-19-15(23)18-8-5-4-6-11(18)17-19/h4-6,8,10,13H,3,7,9H2,1-2H3,(H,16,20)(H,21,22). The van der Waals surface area contributed by atoms with Gasteiger partial charge in [-0.25, -0.2) is 14.3 Å². The van der Waals surface area contributed by atoms with Crippen LogP contribution in [0.25, 0.3) is 5.65 Å². The van der Waals surface area contributed by atoms with E-state index < -0.39 is 17.9 Å². The summed E-state index contributed by atoms with van der Waals surface area (Å²) in [6.45, 7) is 3.73. The van der Waals surface area contributed by atoms with Gasteiger partial charge in [0.25, 0.3) is 0 Å². The van der Waals surface area contributed by atoms with Gasteiger partial charge in [-0.15, -0.1) is 5.10 Å².